The van der Waals surface area contributed by atoms with Crippen molar-refractivity contribution in [2.24, 2.45) is 10.2 Å². The number of halogens is 1. The van der Waals surface area contributed by atoms with Gasteiger partial charge in [0.05, 0.1) is 21.2 Å². The summed E-state index contributed by atoms with van der Waals surface area (Å²) < 4.78 is 14.2. The molecule has 1 N–H and O–H groups in total. The summed E-state index contributed by atoms with van der Waals surface area (Å²) in [7, 11) is 0. The molecular weight excluding hydrogens is 411 g/mol. The first-order valence-electron chi connectivity index (χ1n) is 8.62. The number of aryl methyl sites for hydroxylation is 1. The molecule has 9 nitrogen and oxygen atoms in total. The predicted molar refractivity (Wildman–Crippen MR) is 109 cm³/mol. The van der Waals surface area contributed by atoms with Crippen molar-refractivity contribution in [3.63, 3.8) is 0 Å². The van der Waals surface area contributed by atoms with E-state index in [-0.39, 0.29) is 11.4 Å². The lowest BCUT2D eigenvalue weighted by Crippen LogP contribution is -2.13. The Labute approximate surface area is 172 Å². The van der Waals surface area contributed by atoms with Gasteiger partial charge in [-0.3, -0.25) is 20.0 Å². The molecule has 11 heteroatoms. The van der Waals surface area contributed by atoms with E-state index in [2.05, 4.69) is 20.3 Å². The minimum absolute atomic E-state index is 0.0289. The molecule has 0 bridgehead atoms. The zero-order valence-electron chi connectivity index (χ0n) is 15.4. The first-order chi connectivity index (χ1) is 14.4. The van der Waals surface area contributed by atoms with Crippen LogP contribution in [0.1, 0.15) is 5.69 Å². The van der Waals surface area contributed by atoms with E-state index in [0.717, 1.165) is 0 Å². The number of non-ortho nitro benzene ring substituents is 1. The Bertz CT molecular complexity index is 1320. The molecule has 0 saturated carbocycles. The fraction of sp³-hybridized carbons (Fsp3) is 0.0526. The molecule has 0 aliphatic heterocycles. The summed E-state index contributed by atoms with van der Waals surface area (Å²) in [5, 5.41) is 22.2. The Hall–Kier alpha value is -3.99. The van der Waals surface area contributed by atoms with Gasteiger partial charge in [-0.05, 0) is 31.2 Å². The normalized spacial score (nSPS) is 11.3. The highest BCUT2D eigenvalue weighted by atomic mass is 32.1. The third-order valence-corrected chi connectivity index (χ3v) is 5.19. The Kier molecular flexibility index (Phi) is 5.02. The number of thiazole rings is 1. The largest absolute Gasteiger partial charge is 0.301 e. The van der Waals surface area contributed by atoms with Crippen LogP contribution in [0.3, 0.4) is 0 Å². The van der Waals surface area contributed by atoms with Gasteiger partial charge >= 0.3 is 5.56 Å². The number of hydrogen-bond donors (Lipinski definition) is 1. The molecule has 4 aromatic rings. The Balaban J connectivity index is 1.65. The van der Waals surface area contributed by atoms with E-state index in [0.29, 0.717) is 27.0 Å². The van der Waals surface area contributed by atoms with E-state index in [1.165, 1.54) is 52.4 Å². The molecule has 0 aliphatic rings. The molecule has 0 unspecified atom stereocenters. The molecule has 0 saturated heterocycles. The van der Waals surface area contributed by atoms with Crippen LogP contribution >= 0.6 is 11.3 Å². The number of aromatic nitrogens is 3. The first kappa shape index (κ1) is 19.3. The number of H-pyrrole nitrogens is 1. The van der Waals surface area contributed by atoms with Crippen LogP contribution in [0.5, 0.6) is 0 Å². The second kappa shape index (κ2) is 7.79. The second-order valence-electron chi connectivity index (χ2n) is 6.22. The molecule has 0 amide bonds. The maximum atomic E-state index is 13.0. The van der Waals surface area contributed by atoms with Crippen LogP contribution in [-0.4, -0.2) is 19.7 Å². The fourth-order valence-electron chi connectivity index (χ4n) is 2.68. The van der Waals surface area contributed by atoms with Crippen molar-refractivity contribution >= 4 is 28.4 Å². The molecule has 4 rings (SSSR count). The summed E-state index contributed by atoms with van der Waals surface area (Å²) in [5.74, 6) is -0.391. The molecule has 150 valence electrons. The monoisotopic (exact) mass is 424 g/mol. The average Bonchev–Trinajstić information content (AvgIpc) is 3.33. The molecule has 0 aliphatic carbocycles. The molecule has 0 spiro atoms. The SMILES string of the molecule is Cc1[nH]n(-c2ncc(-c3cccc([N+](=O)[O-])c3)s2)c(=O)c1N=Nc1ccc(F)cc1. The summed E-state index contributed by atoms with van der Waals surface area (Å²) in [4.78, 5) is 28.2. The summed E-state index contributed by atoms with van der Waals surface area (Å²) in [6.07, 6.45) is 1.54. The van der Waals surface area contributed by atoms with Crippen molar-refractivity contribution in [3.8, 4) is 15.6 Å². The molecule has 2 aromatic heterocycles. The molecule has 2 aromatic carbocycles. The van der Waals surface area contributed by atoms with E-state index in [9.17, 15) is 19.3 Å². The maximum absolute atomic E-state index is 13.0. The van der Waals surface area contributed by atoms with Crippen LogP contribution in [0.15, 0.2) is 69.8 Å². The molecule has 0 fully saturated rings. The van der Waals surface area contributed by atoms with E-state index in [1.807, 2.05) is 0 Å². The average molecular weight is 424 g/mol. The third kappa shape index (κ3) is 3.78. The third-order valence-electron chi connectivity index (χ3n) is 4.16. The number of hydrogen-bond acceptors (Lipinski definition) is 7. The van der Waals surface area contributed by atoms with Crippen molar-refractivity contribution in [3.05, 3.63) is 86.7 Å². The van der Waals surface area contributed by atoms with Gasteiger partial charge in [0.15, 0.2) is 5.69 Å². The highest BCUT2D eigenvalue weighted by Gasteiger charge is 2.16. The Morgan fingerprint density at radius 1 is 1.20 bits per heavy atom. The van der Waals surface area contributed by atoms with Gasteiger partial charge in [0.1, 0.15) is 5.82 Å². The van der Waals surface area contributed by atoms with Gasteiger partial charge < -0.3 is 0 Å². The van der Waals surface area contributed by atoms with Crippen molar-refractivity contribution < 1.29 is 9.31 Å². The number of nitrogens with zero attached hydrogens (tertiary/aromatic N) is 5. The molecule has 0 atom stereocenters. The van der Waals surface area contributed by atoms with Crippen molar-refractivity contribution in [2.45, 2.75) is 6.92 Å². The number of azo groups is 1. The minimum Gasteiger partial charge on any atom is -0.291 e. The van der Waals surface area contributed by atoms with Crippen LogP contribution in [0.4, 0.5) is 21.5 Å². The summed E-state index contributed by atoms with van der Waals surface area (Å²) in [6.45, 7) is 1.67. The van der Waals surface area contributed by atoms with Crippen molar-refractivity contribution in [1.82, 2.24) is 14.8 Å². The molecular formula is C19H13FN6O3S. The number of nitro benzene ring substituents is 1. The number of aromatic amines is 1. The van der Waals surface area contributed by atoms with Gasteiger partial charge in [0.2, 0.25) is 5.13 Å². The number of benzene rings is 2. The Morgan fingerprint density at radius 2 is 1.97 bits per heavy atom. The van der Waals surface area contributed by atoms with E-state index in [1.54, 1.807) is 25.3 Å². The number of rotatable bonds is 5. The topological polar surface area (TPSA) is 119 Å². The molecule has 2 heterocycles. The zero-order chi connectivity index (χ0) is 21.3. The zero-order valence-corrected chi connectivity index (χ0v) is 16.3. The van der Waals surface area contributed by atoms with Crippen LogP contribution in [0.2, 0.25) is 0 Å². The van der Waals surface area contributed by atoms with Gasteiger partial charge in [0, 0.05) is 23.9 Å². The minimum atomic E-state index is -0.470. The summed E-state index contributed by atoms with van der Waals surface area (Å²) in [5.41, 5.74) is 1.15. The lowest BCUT2D eigenvalue weighted by Gasteiger charge is -1.97. The fourth-order valence-corrected chi connectivity index (χ4v) is 3.55. The van der Waals surface area contributed by atoms with Gasteiger partial charge in [-0.15, -0.1) is 5.11 Å². The molecule has 30 heavy (non-hydrogen) atoms. The highest BCUT2D eigenvalue weighted by Crippen LogP contribution is 2.30. The van der Waals surface area contributed by atoms with Gasteiger partial charge in [0.25, 0.3) is 5.69 Å². The number of nitrogens with one attached hydrogen (secondary N) is 1. The van der Waals surface area contributed by atoms with E-state index >= 15 is 0 Å². The van der Waals surface area contributed by atoms with Crippen LogP contribution in [0, 0.1) is 22.9 Å². The summed E-state index contributed by atoms with van der Waals surface area (Å²) >= 11 is 1.20. The van der Waals surface area contributed by atoms with Crippen LogP contribution in [-0.2, 0) is 0 Å². The Morgan fingerprint density at radius 3 is 2.70 bits per heavy atom. The quantitative estimate of drug-likeness (QED) is 0.274. The van der Waals surface area contributed by atoms with E-state index in [4.69, 9.17) is 0 Å². The lowest BCUT2D eigenvalue weighted by atomic mass is 10.2. The number of nitro groups is 1. The smallest absolute Gasteiger partial charge is 0.291 e. The standard InChI is InChI=1S/C19H13FN6O3S/c1-11-17(23-22-14-7-5-13(20)6-8-14)18(27)25(24-11)19-21-10-16(30-19)12-3-2-4-15(9-12)26(28)29/h2-10,24H,1H3. The highest BCUT2D eigenvalue weighted by molar-refractivity contribution is 7.17. The predicted octanol–water partition coefficient (Wildman–Crippen LogP) is 5.06. The summed E-state index contributed by atoms with van der Waals surface area (Å²) in [6, 6.07) is 11.6. The molecule has 0 radical (unpaired) electrons. The maximum Gasteiger partial charge on any atom is 0.301 e. The van der Waals surface area contributed by atoms with Gasteiger partial charge in [-0.25, -0.2) is 9.37 Å². The van der Waals surface area contributed by atoms with Gasteiger partial charge in [-0.2, -0.15) is 9.80 Å². The van der Waals surface area contributed by atoms with Gasteiger partial charge in [-0.1, -0.05) is 23.5 Å². The first-order valence-corrected chi connectivity index (χ1v) is 9.44. The van der Waals surface area contributed by atoms with Crippen molar-refractivity contribution in [2.75, 3.05) is 0 Å². The van der Waals surface area contributed by atoms with Crippen LogP contribution in [0.25, 0.3) is 15.6 Å². The van der Waals surface area contributed by atoms with Crippen molar-refractivity contribution in [1.29, 1.82) is 0 Å². The second-order valence-corrected chi connectivity index (χ2v) is 7.23. The lowest BCUT2D eigenvalue weighted by molar-refractivity contribution is -0.384. The van der Waals surface area contributed by atoms with Crippen LogP contribution < -0.4 is 5.56 Å². The van der Waals surface area contributed by atoms with E-state index < -0.39 is 16.3 Å².